The number of carbonyl (C=O) groups is 4. The Balaban J connectivity index is 3.06. The molecule has 0 aliphatic rings. The maximum Gasteiger partial charge on any atom is 0.508 e. The number of esters is 3. The van der Waals surface area contributed by atoms with E-state index >= 15 is 0 Å². The lowest BCUT2D eigenvalue weighted by Crippen LogP contribution is -2.39. The standard InChI is InChI=1S/C27H41NO9/c1-14(2)16(5)24(29)36-22-11-10-20(13-23(22)37-25(30)17(6)15(3)4)12-21(28)26(31)34-18(7)19(8)35-27(32)33-9/h10-11,13-19,21H,12,28H2,1-9H3/t16?,17?,18-,19-,21-/m0/s1. The van der Waals surface area contributed by atoms with Crippen LogP contribution in [-0.2, 0) is 35.0 Å². The lowest BCUT2D eigenvalue weighted by Gasteiger charge is -2.22. The van der Waals surface area contributed by atoms with Gasteiger partial charge in [0.1, 0.15) is 18.2 Å². The van der Waals surface area contributed by atoms with E-state index in [0.29, 0.717) is 5.56 Å². The summed E-state index contributed by atoms with van der Waals surface area (Å²) in [4.78, 5) is 49.0. The van der Waals surface area contributed by atoms with Crippen LogP contribution < -0.4 is 15.2 Å². The third-order valence-electron chi connectivity index (χ3n) is 6.34. The Bertz CT molecular complexity index is 944. The number of nitrogens with two attached hydrogens (primary N) is 1. The van der Waals surface area contributed by atoms with Crippen molar-refractivity contribution in [2.75, 3.05) is 7.11 Å². The van der Waals surface area contributed by atoms with Crippen molar-refractivity contribution in [3.05, 3.63) is 23.8 Å². The lowest BCUT2D eigenvalue weighted by atomic mass is 9.98. The first kappa shape index (κ1) is 31.9. The molecule has 0 aliphatic carbocycles. The molecule has 0 saturated carbocycles. The average Bonchev–Trinajstić information content (AvgIpc) is 2.83. The maximum absolute atomic E-state index is 12.7. The van der Waals surface area contributed by atoms with Crippen LogP contribution in [0.1, 0.15) is 61.0 Å². The van der Waals surface area contributed by atoms with E-state index in [4.69, 9.17) is 24.7 Å². The summed E-state index contributed by atoms with van der Waals surface area (Å²) in [5.74, 6) is -2.13. The molecule has 0 aliphatic heterocycles. The molecule has 37 heavy (non-hydrogen) atoms. The fraction of sp³-hybridized carbons (Fsp3) is 0.630. The smallest absolute Gasteiger partial charge is 0.458 e. The van der Waals surface area contributed by atoms with E-state index in [1.807, 2.05) is 27.7 Å². The third kappa shape index (κ3) is 10.0. The van der Waals surface area contributed by atoms with Crippen molar-refractivity contribution in [1.82, 2.24) is 0 Å². The average molecular weight is 524 g/mol. The fourth-order valence-corrected chi connectivity index (χ4v) is 2.79. The van der Waals surface area contributed by atoms with Crippen molar-refractivity contribution >= 4 is 24.1 Å². The molecule has 208 valence electrons. The molecule has 0 radical (unpaired) electrons. The van der Waals surface area contributed by atoms with Crippen LogP contribution in [0, 0.1) is 23.7 Å². The van der Waals surface area contributed by atoms with Crippen LogP contribution in [0.4, 0.5) is 4.79 Å². The Labute approximate surface area is 219 Å². The van der Waals surface area contributed by atoms with Gasteiger partial charge in [-0.05, 0) is 49.8 Å². The highest BCUT2D eigenvalue weighted by molar-refractivity contribution is 5.79. The number of rotatable bonds is 12. The molecule has 5 atom stereocenters. The zero-order valence-electron chi connectivity index (χ0n) is 23.2. The first-order valence-electron chi connectivity index (χ1n) is 12.4. The Kier molecular flexibility index (Phi) is 12.6. The van der Waals surface area contributed by atoms with E-state index in [1.54, 1.807) is 33.8 Å². The second kappa shape index (κ2) is 14.6. The minimum Gasteiger partial charge on any atom is -0.458 e. The van der Waals surface area contributed by atoms with Crippen LogP contribution in [0.5, 0.6) is 11.5 Å². The van der Waals surface area contributed by atoms with Crippen LogP contribution in [-0.4, -0.2) is 49.4 Å². The van der Waals surface area contributed by atoms with Gasteiger partial charge in [0, 0.05) is 0 Å². The van der Waals surface area contributed by atoms with Gasteiger partial charge in [0.05, 0.1) is 18.9 Å². The number of benzene rings is 1. The van der Waals surface area contributed by atoms with Crippen LogP contribution in [0.2, 0.25) is 0 Å². The highest BCUT2D eigenvalue weighted by Gasteiger charge is 2.27. The summed E-state index contributed by atoms with van der Waals surface area (Å²) < 4.78 is 25.9. The summed E-state index contributed by atoms with van der Waals surface area (Å²) in [6.07, 6.45) is -2.35. The molecule has 1 rings (SSSR count). The Morgan fingerprint density at radius 3 is 1.70 bits per heavy atom. The van der Waals surface area contributed by atoms with E-state index in [1.165, 1.54) is 19.2 Å². The Morgan fingerprint density at radius 2 is 1.22 bits per heavy atom. The maximum atomic E-state index is 12.7. The molecule has 10 nitrogen and oxygen atoms in total. The van der Waals surface area contributed by atoms with Crippen LogP contribution in [0.3, 0.4) is 0 Å². The Hall–Kier alpha value is -3.14. The molecule has 0 spiro atoms. The lowest BCUT2D eigenvalue weighted by molar-refractivity contribution is -0.155. The van der Waals surface area contributed by atoms with E-state index < -0.39 is 48.2 Å². The van der Waals surface area contributed by atoms with Crippen molar-refractivity contribution < 1.29 is 42.9 Å². The van der Waals surface area contributed by atoms with Gasteiger partial charge in [-0.1, -0.05) is 47.6 Å². The highest BCUT2D eigenvalue weighted by Crippen LogP contribution is 2.31. The summed E-state index contributed by atoms with van der Waals surface area (Å²) in [5, 5.41) is 0. The molecule has 0 fully saturated rings. The van der Waals surface area contributed by atoms with Crippen molar-refractivity contribution in [2.24, 2.45) is 29.4 Å². The van der Waals surface area contributed by atoms with E-state index in [9.17, 15) is 19.2 Å². The predicted molar refractivity (Wildman–Crippen MR) is 136 cm³/mol. The summed E-state index contributed by atoms with van der Waals surface area (Å²) >= 11 is 0. The zero-order chi connectivity index (χ0) is 28.4. The second-order valence-corrected chi connectivity index (χ2v) is 9.92. The minimum atomic E-state index is -1.06. The van der Waals surface area contributed by atoms with Crippen LogP contribution in [0.25, 0.3) is 0 Å². The monoisotopic (exact) mass is 523 g/mol. The summed E-state index contributed by atoms with van der Waals surface area (Å²) in [7, 11) is 1.17. The van der Waals surface area contributed by atoms with Crippen molar-refractivity contribution in [1.29, 1.82) is 0 Å². The fourth-order valence-electron chi connectivity index (χ4n) is 2.79. The second-order valence-electron chi connectivity index (χ2n) is 9.92. The van der Waals surface area contributed by atoms with Crippen molar-refractivity contribution in [3.8, 4) is 11.5 Å². The number of ether oxygens (including phenoxy) is 5. The molecular weight excluding hydrogens is 482 g/mol. The molecule has 0 amide bonds. The first-order valence-corrected chi connectivity index (χ1v) is 12.4. The molecule has 1 aromatic rings. The SMILES string of the molecule is COC(=O)O[C@@H](C)[C@H](C)OC(=O)[C@@H](N)Cc1ccc(OC(=O)C(C)C(C)C)c(OC(=O)C(C)C(C)C)c1. The number of hydrogen-bond acceptors (Lipinski definition) is 10. The number of carbonyl (C=O) groups excluding carboxylic acids is 4. The summed E-state index contributed by atoms with van der Waals surface area (Å²) in [5.41, 5.74) is 6.62. The van der Waals surface area contributed by atoms with E-state index in [2.05, 4.69) is 4.74 Å². The molecular formula is C27H41NO9. The summed E-state index contributed by atoms with van der Waals surface area (Å²) in [6, 6.07) is 3.61. The largest absolute Gasteiger partial charge is 0.508 e. The Morgan fingerprint density at radius 1 is 0.730 bits per heavy atom. The predicted octanol–water partition coefficient (Wildman–Crippen LogP) is 4.05. The van der Waals surface area contributed by atoms with Gasteiger partial charge in [-0.15, -0.1) is 0 Å². The molecule has 2 N–H and O–H groups in total. The molecule has 0 bridgehead atoms. The first-order chi connectivity index (χ1) is 17.2. The molecule has 0 saturated heterocycles. The molecule has 0 aromatic heterocycles. The van der Waals surface area contributed by atoms with Gasteiger partial charge in [0.2, 0.25) is 0 Å². The van der Waals surface area contributed by atoms with Gasteiger partial charge in [-0.25, -0.2) is 4.79 Å². The normalized spacial score (nSPS) is 15.2. The highest BCUT2D eigenvalue weighted by atomic mass is 16.7. The van der Waals surface area contributed by atoms with E-state index in [-0.39, 0.29) is 35.7 Å². The summed E-state index contributed by atoms with van der Waals surface area (Å²) in [6.45, 7) is 14.2. The molecule has 1 aromatic carbocycles. The van der Waals surface area contributed by atoms with Gasteiger partial charge < -0.3 is 29.4 Å². The van der Waals surface area contributed by atoms with E-state index in [0.717, 1.165) is 0 Å². The molecule has 0 heterocycles. The minimum absolute atomic E-state index is 0.0402. The number of methoxy groups -OCH3 is 1. The quantitative estimate of drug-likeness (QED) is 0.315. The van der Waals surface area contributed by atoms with Gasteiger partial charge in [0.25, 0.3) is 0 Å². The topological polar surface area (TPSA) is 140 Å². The molecule has 2 unspecified atom stereocenters. The number of hydrogen-bond donors (Lipinski definition) is 1. The van der Waals surface area contributed by atoms with Gasteiger partial charge in [0.15, 0.2) is 11.5 Å². The zero-order valence-corrected chi connectivity index (χ0v) is 23.2. The third-order valence-corrected chi connectivity index (χ3v) is 6.34. The van der Waals surface area contributed by atoms with Crippen molar-refractivity contribution in [3.63, 3.8) is 0 Å². The van der Waals surface area contributed by atoms with Gasteiger partial charge in [-0.3, -0.25) is 14.4 Å². The van der Waals surface area contributed by atoms with Gasteiger partial charge in [-0.2, -0.15) is 0 Å². The van der Waals surface area contributed by atoms with Gasteiger partial charge >= 0.3 is 24.1 Å². The molecule has 10 heteroatoms. The van der Waals surface area contributed by atoms with Crippen LogP contribution >= 0.6 is 0 Å². The van der Waals surface area contributed by atoms with Crippen LogP contribution in [0.15, 0.2) is 18.2 Å². The van der Waals surface area contributed by atoms with Crippen molar-refractivity contribution in [2.45, 2.75) is 80.1 Å².